The van der Waals surface area contributed by atoms with Gasteiger partial charge in [-0.25, -0.2) is 4.98 Å². The molecule has 104 valence electrons. The Morgan fingerprint density at radius 2 is 2.47 bits per heavy atom. The van der Waals surface area contributed by atoms with Crippen LogP contribution in [-0.2, 0) is 9.47 Å². The Balaban J connectivity index is 1.60. The van der Waals surface area contributed by atoms with E-state index in [-0.39, 0.29) is 5.60 Å². The van der Waals surface area contributed by atoms with Crippen LogP contribution in [0.2, 0.25) is 0 Å². The van der Waals surface area contributed by atoms with E-state index in [1.165, 1.54) is 0 Å². The molecule has 0 N–H and O–H groups in total. The van der Waals surface area contributed by atoms with Crippen molar-refractivity contribution in [3.8, 4) is 0 Å². The third-order valence-electron chi connectivity index (χ3n) is 4.21. The first-order valence-electron chi connectivity index (χ1n) is 6.95. The number of rotatable bonds is 4. The van der Waals surface area contributed by atoms with Crippen LogP contribution in [-0.4, -0.2) is 49.0 Å². The average molecular weight is 263 g/mol. The molecule has 19 heavy (non-hydrogen) atoms. The molecule has 1 aromatic heterocycles. The summed E-state index contributed by atoms with van der Waals surface area (Å²) in [6, 6.07) is 0. The Labute approximate surface area is 113 Å². The first kappa shape index (κ1) is 12.8. The van der Waals surface area contributed by atoms with E-state index in [0.29, 0.717) is 5.92 Å². The molecule has 2 aliphatic rings. The molecular weight excluding hydrogens is 242 g/mol. The van der Waals surface area contributed by atoms with Gasteiger partial charge in [0.15, 0.2) is 0 Å². The summed E-state index contributed by atoms with van der Waals surface area (Å²) in [5.74, 6) is 1.60. The van der Waals surface area contributed by atoms with Crippen LogP contribution in [0.1, 0.15) is 19.3 Å². The number of methoxy groups -OCH3 is 1. The van der Waals surface area contributed by atoms with E-state index in [4.69, 9.17) is 9.47 Å². The summed E-state index contributed by atoms with van der Waals surface area (Å²) >= 11 is 0. The van der Waals surface area contributed by atoms with Gasteiger partial charge in [-0.3, -0.25) is 4.98 Å². The Kier molecular flexibility index (Phi) is 3.66. The molecule has 1 aromatic rings. The summed E-state index contributed by atoms with van der Waals surface area (Å²) in [6.07, 6.45) is 8.62. The van der Waals surface area contributed by atoms with Gasteiger partial charge in [0, 0.05) is 39.2 Å². The molecule has 0 radical (unpaired) electrons. The molecule has 3 rings (SSSR count). The average Bonchev–Trinajstić information content (AvgIpc) is 3.05. The zero-order valence-corrected chi connectivity index (χ0v) is 11.4. The van der Waals surface area contributed by atoms with Gasteiger partial charge in [0.05, 0.1) is 18.4 Å². The lowest BCUT2D eigenvalue weighted by Gasteiger charge is -2.23. The zero-order valence-electron chi connectivity index (χ0n) is 11.4. The maximum absolute atomic E-state index is 6.12. The van der Waals surface area contributed by atoms with Gasteiger partial charge < -0.3 is 14.4 Å². The van der Waals surface area contributed by atoms with Gasteiger partial charge in [-0.05, 0) is 25.2 Å². The van der Waals surface area contributed by atoms with Crippen LogP contribution < -0.4 is 4.90 Å². The minimum atomic E-state index is 0.0376. The van der Waals surface area contributed by atoms with Crippen molar-refractivity contribution in [2.24, 2.45) is 5.92 Å². The highest BCUT2D eigenvalue weighted by atomic mass is 16.5. The van der Waals surface area contributed by atoms with E-state index in [0.717, 1.165) is 51.4 Å². The fraction of sp³-hybridized carbons (Fsp3) is 0.714. The van der Waals surface area contributed by atoms with Gasteiger partial charge in [0.1, 0.15) is 5.82 Å². The van der Waals surface area contributed by atoms with Crippen molar-refractivity contribution in [3.05, 3.63) is 18.6 Å². The Bertz CT molecular complexity index is 414. The topological polar surface area (TPSA) is 47.5 Å². The molecular formula is C14H21N3O2. The highest BCUT2D eigenvalue weighted by Gasteiger charge is 2.45. The maximum atomic E-state index is 6.12. The SMILES string of the molecule is COCC[C@@H]1CO[C@]2(CCN(c3cnccn3)C2)C1. The highest BCUT2D eigenvalue weighted by Crippen LogP contribution is 2.39. The van der Waals surface area contributed by atoms with E-state index >= 15 is 0 Å². The third kappa shape index (κ3) is 2.72. The molecule has 0 saturated carbocycles. The summed E-state index contributed by atoms with van der Waals surface area (Å²) in [5.41, 5.74) is 0.0376. The van der Waals surface area contributed by atoms with Crippen LogP contribution in [0.15, 0.2) is 18.6 Å². The molecule has 3 heterocycles. The lowest BCUT2D eigenvalue weighted by molar-refractivity contribution is 0.0213. The minimum Gasteiger partial charge on any atom is -0.385 e. The molecule has 5 nitrogen and oxygen atoms in total. The second kappa shape index (κ2) is 5.43. The largest absolute Gasteiger partial charge is 0.385 e. The lowest BCUT2D eigenvalue weighted by atomic mass is 9.92. The van der Waals surface area contributed by atoms with Crippen LogP contribution in [0.4, 0.5) is 5.82 Å². The molecule has 0 aliphatic carbocycles. The smallest absolute Gasteiger partial charge is 0.147 e. The molecule has 0 unspecified atom stereocenters. The maximum Gasteiger partial charge on any atom is 0.147 e. The summed E-state index contributed by atoms with van der Waals surface area (Å²) in [5, 5.41) is 0. The first-order valence-corrected chi connectivity index (χ1v) is 6.95. The van der Waals surface area contributed by atoms with Gasteiger partial charge in [0.2, 0.25) is 0 Å². The Hall–Kier alpha value is -1.20. The van der Waals surface area contributed by atoms with E-state index in [1.807, 2.05) is 6.20 Å². The fourth-order valence-corrected chi connectivity index (χ4v) is 3.19. The number of hydrogen-bond acceptors (Lipinski definition) is 5. The number of aromatic nitrogens is 2. The fourth-order valence-electron chi connectivity index (χ4n) is 3.19. The third-order valence-corrected chi connectivity index (χ3v) is 4.21. The van der Waals surface area contributed by atoms with Gasteiger partial charge in [-0.15, -0.1) is 0 Å². The zero-order chi connectivity index (χ0) is 13.1. The van der Waals surface area contributed by atoms with Gasteiger partial charge in [-0.1, -0.05) is 0 Å². The minimum absolute atomic E-state index is 0.0376. The molecule has 1 spiro atoms. The van der Waals surface area contributed by atoms with Crippen molar-refractivity contribution in [2.75, 3.05) is 38.3 Å². The molecule has 0 aromatic carbocycles. The summed E-state index contributed by atoms with van der Waals surface area (Å²) < 4.78 is 11.3. The predicted molar refractivity (Wildman–Crippen MR) is 72.1 cm³/mol. The summed E-state index contributed by atoms with van der Waals surface area (Å²) in [6.45, 7) is 3.65. The molecule has 2 fully saturated rings. The highest BCUT2D eigenvalue weighted by molar-refractivity contribution is 5.38. The molecule has 0 amide bonds. The number of nitrogens with zero attached hydrogens (tertiary/aromatic N) is 3. The standard InChI is InChI=1S/C14H21N3O2/c1-18-7-2-12-8-14(19-10-12)3-6-17(11-14)13-9-15-4-5-16-13/h4-5,9,12H,2-3,6-8,10-11H2,1H3/t12-,14+/m0/s1. The number of ether oxygens (including phenoxy) is 2. The lowest BCUT2D eigenvalue weighted by Crippen LogP contribution is -2.33. The van der Waals surface area contributed by atoms with Gasteiger partial charge in [-0.2, -0.15) is 0 Å². The predicted octanol–water partition coefficient (Wildman–Crippen LogP) is 1.50. The van der Waals surface area contributed by atoms with Crippen LogP contribution in [0.3, 0.4) is 0 Å². The molecule has 2 saturated heterocycles. The first-order chi connectivity index (χ1) is 9.31. The van der Waals surface area contributed by atoms with Crippen LogP contribution in [0.25, 0.3) is 0 Å². The van der Waals surface area contributed by atoms with Crippen molar-refractivity contribution in [1.82, 2.24) is 9.97 Å². The van der Waals surface area contributed by atoms with Crippen molar-refractivity contribution in [2.45, 2.75) is 24.9 Å². The second-order valence-corrected chi connectivity index (χ2v) is 5.58. The van der Waals surface area contributed by atoms with Gasteiger partial charge in [0.25, 0.3) is 0 Å². The van der Waals surface area contributed by atoms with Crippen LogP contribution >= 0.6 is 0 Å². The monoisotopic (exact) mass is 263 g/mol. The van der Waals surface area contributed by atoms with E-state index in [1.54, 1.807) is 19.5 Å². The van der Waals surface area contributed by atoms with E-state index < -0.39 is 0 Å². The van der Waals surface area contributed by atoms with Gasteiger partial charge >= 0.3 is 0 Å². The Morgan fingerprint density at radius 1 is 1.53 bits per heavy atom. The molecule has 2 atom stereocenters. The van der Waals surface area contributed by atoms with Crippen molar-refractivity contribution in [1.29, 1.82) is 0 Å². The van der Waals surface area contributed by atoms with E-state index in [9.17, 15) is 0 Å². The van der Waals surface area contributed by atoms with Crippen molar-refractivity contribution in [3.63, 3.8) is 0 Å². The second-order valence-electron chi connectivity index (χ2n) is 5.58. The van der Waals surface area contributed by atoms with Crippen LogP contribution in [0.5, 0.6) is 0 Å². The quantitative estimate of drug-likeness (QED) is 0.824. The number of anilines is 1. The number of hydrogen-bond donors (Lipinski definition) is 0. The Morgan fingerprint density at radius 3 is 3.26 bits per heavy atom. The van der Waals surface area contributed by atoms with Crippen LogP contribution in [0, 0.1) is 5.92 Å². The normalized spacial score (nSPS) is 30.4. The summed E-state index contributed by atoms with van der Waals surface area (Å²) in [4.78, 5) is 10.8. The molecule has 2 aliphatic heterocycles. The molecule has 0 bridgehead atoms. The van der Waals surface area contributed by atoms with E-state index in [2.05, 4.69) is 14.9 Å². The molecule has 5 heteroatoms. The summed E-state index contributed by atoms with van der Waals surface area (Å²) in [7, 11) is 1.76. The van der Waals surface area contributed by atoms with Crippen molar-refractivity contribution >= 4 is 5.82 Å². The van der Waals surface area contributed by atoms with Crippen molar-refractivity contribution < 1.29 is 9.47 Å².